The van der Waals surface area contributed by atoms with Crippen LogP contribution in [0.4, 0.5) is 5.69 Å². The van der Waals surface area contributed by atoms with Crippen molar-refractivity contribution in [1.29, 1.82) is 0 Å². The number of hydrogen-bond donors (Lipinski definition) is 1. The molecule has 0 amide bonds. The van der Waals surface area contributed by atoms with Gasteiger partial charge in [0.05, 0.1) is 18.5 Å². The summed E-state index contributed by atoms with van der Waals surface area (Å²) in [5.74, 6) is 0.825. The van der Waals surface area contributed by atoms with Gasteiger partial charge in [-0.2, -0.15) is 0 Å². The number of imidazole rings is 1. The van der Waals surface area contributed by atoms with Crippen LogP contribution >= 0.6 is 12.2 Å². The monoisotopic (exact) mass is 491 g/mol. The molecule has 5 heteroatoms. The minimum absolute atomic E-state index is 0.717. The van der Waals surface area contributed by atoms with E-state index >= 15 is 0 Å². The Hall–Kier alpha value is -3.83. The standard InChI is InChI=1S/C31H29N3OS/c1-21-11-13-23(14-12-21)28-26-10-6-7-19-33-27(22-8-4-3-5-9-22)20-34(31(26)33)29(28)30(36)32-24-15-17-25(35-2)18-16-24/h3-5,8-9,11-18,20H,6-7,10,19H2,1-2H3,(H,32,36). The first-order chi connectivity index (χ1) is 17.6. The molecule has 1 N–H and O–H groups in total. The van der Waals surface area contributed by atoms with Gasteiger partial charge in [-0.3, -0.25) is 4.40 Å². The normalized spacial score (nSPS) is 12.9. The van der Waals surface area contributed by atoms with Crippen LogP contribution in [0.25, 0.3) is 28.0 Å². The van der Waals surface area contributed by atoms with E-state index in [1.807, 2.05) is 24.3 Å². The predicted octanol–water partition coefficient (Wildman–Crippen LogP) is 7.52. The molecule has 0 saturated carbocycles. The van der Waals surface area contributed by atoms with Crippen LogP contribution in [0.5, 0.6) is 5.75 Å². The summed E-state index contributed by atoms with van der Waals surface area (Å²) in [4.78, 5) is 0.717. The van der Waals surface area contributed by atoms with Crippen LogP contribution in [0.1, 0.15) is 29.7 Å². The molecule has 0 aliphatic carbocycles. The van der Waals surface area contributed by atoms with Crippen LogP contribution in [-0.2, 0) is 13.0 Å². The highest BCUT2D eigenvalue weighted by molar-refractivity contribution is 7.81. The molecule has 3 aromatic carbocycles. The Balaban J connectivity index is 1.57. The lowest BCUT2D eigenvalue weighted by Crippen LogP contribution is -2.14. The summed E-state index contributed by atoms with van der Waals surface area (Å²) in [6, 6.07) is 27.4. The molecule has 0 unspecified atom stereocenters. The van der Waals surface area contributed by atoms with Gasteiger partial charge in [0.25, 0.3) is 0 Å². The Kier molecular flexibility index (Phi) is 5.86. The van der Waals surface area contributed by atoms with E-state index in [2.05, 4.69) is 82.0 Å². The number of methoxy groups -OCH3 is 1. The van der Waals surface area contributed by atoms with Gasteiger partial charge < -0.3 is 14.6 Å². The molecule has 1 aliphatic rings. The van der Waals surface area contributed by atoms with Crippen molar-refractivity contribution < 1.29 is 4.74 Å². The summed E-state index contributed by atoms with van der Waals surface area (Å²) in [7, 11) is 1.68. The van der Waals surface area contributed by atoms with Gasteiger partial charge in [-0.15, -0.1) is 0 Å². The van der Waals surface area contributed by atoms with E-state index in [9.17, 15) is 0 Å². The third-order valence-electron chi connectivity index (χ3n) is 7.11. The molecular formula is C31H29N3OS. The highest BCUT2D eigenvalue weighted by Crippen LogP contribution is 2.40. The van der Waals surface area contributed by atoms with E-state index in [-0.39, 0.29) is 0 Å². The van der Waals surface area contributed by atoms with Crippen molar-refractivity contribution in [3.05, 3.63) is 102 Å². The van der Waals surface area contributed by atoms with Gasteiger partial charge in [0.15, 0.2) is 0 Å². The van der Waals surface area contributed by atoms with Crippen LogP contribution in [-0.4, -0.2) is 21.1 Å². The van der Waals surface area contributed by atoms with Crippen LogP contribution < -0.4 is 10.1 Å². The number of benzene rings is 3. The minimum Gasteiger partial charge on any atom is -0.497 e. The van der Waals surface area contributed by atoms with Crippen molar-refractivity contribution in [2.24, 2.45) is 0 Å². The van der Waals surface area contributed by atoms with Crippen molar-refractivity contribution in [3.63, 3.8) is 0 Å². The topological polar surface area (TPSA) is 30.6 Å². The molecule has 0 fully saturated rings. The molecular weight excluding hydrogens is 462 g/mol. The zero-order chi connectivity index (χ0) is 24.6. The van der Waals surface area contributed by atoms with Gasteiger partial charge in [0.1, 0.15) is 16.4 Å². The van der Waals surface area contributed by atoms with Crippen LogP contribution in [0, 0.1) is 6.92 Å². The van der Waals surface area contributed by atoms with Gasteiger partial charge in [0.2, 0.25) is 0 Å². The summed E-state index contributed by atoms with van der Waals surface area (Å²) in [5.41, 5.74) is 10.8. The van der Waals surface area contributed by atoms with E-state index in [0.29, 0.717) is 4.99 Å². The Bertz CT molecular complexity index is 1540. The lowest BCUT2D eigenvalue weighted by molar-refractivity contribution is 0.415. The average molecular weight is 492 g/mol. The molecule has 0 spiro atoms. The highest BCUT2D eigenvalue weighted by Gasteiger charge is 2.28. The summed E-state index contributed by atoms with van der Waals surface area (Å²) in [5, 5.41) is 3.51. The predicted molar refractivity (Wildman–Crippen MR) is 152 cm³/mol. The molecule has 1 aliphatic heterocycles. The number of hydrogen-bond acceptors (Lipinski definition) is 2. The smallest absolute Gasteiger partial charge is 0.128 e. The number of aromatic nitrogens is 2. The summed E-state index contributed by atoms with van der Waals surface area (Å²) < 4.78 is 10.2. The van der Waals surface area contributed by atoms with E-state index < -0.39 is 0 Å². The quantitative estimate of drug-likeness (QED) is 0.258. The summed E-state index contributed by atoms with van der Waals surface area (Å²) in [6.07, 6.45) is 5.63. The Morgan fingerprint density at radius 3 is 2.36 bits per heavy atom. The fourth-order valence-electron chi connectivity index (χ4n) is 5.34. The number of anilines is 1. The van der Waals surface area contributed by atoms with E-state index in [4.69, 9.17) is 17.0 Å². The van der Waals surface area contributed by atoms with Crippen molar-refractivity contribution in [3.8, 4) is 28.1 Å². The zero-order valence-corrected chi connectivity index (χ0v) is 21.4. The third kappa shape index (κ3) is 3.90. The average Bonchev–Trinajstić information content (AvgIpc) is 3.33. The van der Waals surface area contributed by atoms with Crippen LogP contribution in [0.2, 0.25) is 0 Å². The van der Waals surface area contributed by atoms with Gasteiger partial charge in [-0.05, 0) is 61.6 Å². The Morgan fingerprint density at radius 2 is 1.64 bits per heavy atom. The fraction of sp³-hybridized carbons (Fsp3) is 0.194. The second-order valence-corrected chi connectivity index (χ2v) is 9.84. The van der Waals surface area contributed by atoms with E-state index in [0.717, 1.165) is 42.9 Å². The van der Waals surface area contributed by atoms with E-state index in [1.165, 1.54) is 39.2 Å². The van der Waals surface area contributed by atoms with Gasteiger partial charge in [-0.1, -0.05) is 72.4 Å². The first-order valence-corrected chi connectivity index (χ1v) is 12.9. The van der Waals surface area contributed by atoms with Crippen molar-refractivity contribution in [2.45, 2.75) is 32.7 Å². The molecule has 0 saturated heterocycles. The third-order valence-corrected chi connectivity index (χ3v) is 7.40. The van der Waals surface area contributed by atoms with E-state index in [1.54, 1.807) is 7.11 Å². The highest BCUT2D eigenvalue weighted by atomic mass is 32.1. The minimum atomic E-state index is 0.717. The molecule has 4 nitrogen and oxygen atoms in total. The number of ether oxygens (including phenoxy) is 1. The molecule has 36 heavy (non-hydrogen) atoms. The van der Waals surface area contributed by atoms with Crippen molar-refractivity contribution in [1.82, 2.24) is 8.97 Å². The molecule has 3 heterocycles. The molecule has 180 valence electrons. The van der Waals surface area contributed by atoms with Crippen molar-refractivity contribution in [2.75, 3.05) is 12.4 Å². The largest absolute Gasteiger partial charge is 0.497 e. The number of aryl methyl sites for hydroxylation is 3. The maximum absolute atomic E-state index is 6.12. The lowest BCUT2D eigenvalue weighted by Gasteiger charge is -2.13. The molecule has 0 radical (unpaired) electrons. The molecule has 0 bridgehead atoms. The van der Waals surface area contributed by atoms with Crippen LogP contribution in [0.3, 0.4) is 0 Å². The number of nitrogens with zero attached hydrogens (tertiary/aromatic N) is 2. The van der Waals surface area contributed by atoms with Gasteiger partial charge >= 0.3 is 0 Å². The first kappa shape index (κ1) is 22.6. The number of nitrogens with one attached hydrogen (secondary N) is 1. The van der Waals surface area contributed by atoms with Crippen molar-refractivity contribution >= 4 is 28.5 Å². The molecule has 5 aromatic rings. The number of rotatable bonds is 5. The zero-order valence-electron chi connectivity index (χ0n) is 20.6. The number of thiocarbonyl (C=S) groups is 1. The molecule has 6 rings (SSSR count). The fourth-order valence-corrected chi connectivity index (χ4v) is 5.66. The Morgan fingerprint density at radius 1 is 0.889 bits per heavy atom. The van der Waals surface area contributed by atoms with Gasteiger partial charge in [0, 0.05) is 29.6 Å². The second-order valence-electron chi connectivity index (χ2n) is 9.43. The lowest BCUT2D eigenvalue weighted by atomic mass is 9.97. The molecule has 0 atom stereocenters. The van der Waals surface area contributed by atoms with Gasteiger partial charge in [-0.25, -0.2) is 0 Å². The summed E-state index contributed by atoms with van der Waals surface area (Å²) >= 11 is 6.12. The second kappa shape index (κ2) is 9.32. The maximum Gasteiger partial charge on any atom is 0.128 e. The first-order valence-electron chi connectivity index (χ1n) is 12.5. The SMILES string of the molecule is COc1ccc(NC(=S)c2c(-c3ccc(C)cc3)c3c4n(c(-c5ccccc5)cn24)CCCC3)cc1. The molecule has 2 aromatic heterocycles. The Labute approximate surface area is 217 Å². The maximum atomic E-state index is 6.12. The van der Waals surface area contributed by atoms with Crippen LogP contribution in [0.15, 0.2) is 85.1 Å². The summed E-state index contributed by atoms with van der Waals surface area (Å²) in [6.45, 7) is 3.13.